The minimum Gasteiger partial charge on any atom is -0.182 e. The van der Waals surface area contributed by atoms with Crippen LogP contribution in [0.25, 0.3) is 0 Å². The van der Waals surface area contributed by atoms with Crippen LogP contribution >= 0.6 is 0 Å². The van der Waals surface area contributed by atoms with Crippen LogP contribution in [0.1, 0.15) is 5.56 Å². The van der Waals surface area contributed by atoms with Crippen LogP contribution in [-0.2, 0) is 0 Å². The van der Waals surface area contributed by atoms with Gasteiger partial charge < -0.3 is 0 Å². The van der Waals surface area contributed by atoms with Crippen LogP contribution in [0.3, 0.4) is 0 Å². The van der Waals surface area contributed by atoms with E-state index in [1.54, 1.807) is 24.3 Å². The summed E-state index contributed by atoms with van der Waals surface area (Å²) in [5.74, 6) is -0.490. The van der Waals surface area contributed by atoms with Crippen LogP contribution in [-0.4, -0.2) is 5.97 Å². The zero-order valence-corrected chi connectivity index (χ0v) is 5.08. The molecule has 0 saturated heterocycles. The van der Waals surface area contributed by atoms with Crippen LogP contribution in [0, 0.1) is 0 Å². The minimum absolute atomic E-state index is 0.488. The van der Waals surface area contributed by atoms with Crippen molar-refractivity contribution in [3.05, 3.63) is 29.8 Å². The average Bonchev–Trinajstić information content (AvgIpc) is 2.34. The molecular formula is C7H4FN2. The van der Waals surface area contributed by atoms with E-state index in [1.807, 2.05) is 0 Å². The molecule has 0 N–H and O–H groups in total. The molecule has 1 aliphatic heterocycles. The van der Waals surface area contributed by atoms with Crippen molar-refractivity contribution in [3.63, 3.8) is 0 Å². The fourth-order valence-corrected chi connectivity index (χ4v) is 0.887. The van der Waals surface area contributed by atoms with E-state index in [1.165, 1.54) is 0 Å². The van der Waals surface area contributed by atoms with Gasteiger partial charge in [-0.15, -0.1) is 10.5 Å². The van der Waals surface area contributed by atoms with Crippen molar-refractivity contribution < 1.29 is 4.39 Å². The third kappa shape index (κ3) is 0.603. The smallest absolute Gasteiger partial charge is 0.182 e. The Labute approximate surface area is 57.4 Å². The van der Waals surface area contributed by atoms with Crippen molar-refractivity contribution in [1.82, 2.24) is 5.43 Å². The largest absolute Gasteiger partial charge is 0.242 e. The molecule has 1 aliphatic rings. The maximum absolute atomic E-state index is 12.6. The number of hydrogen-bond donors (Lipinski definition) is 0. The third-order valence-corrected chi connectivity index (χ3v) is 1.37. The van der Waals surface area contributed by atoms with Crippen molar-refractivity contribution >= 4 is 11.7 Å². The summed E-state index contributed by atoms with van der Waals surface area (Å²) in [6.45, 7) is 0. The van der Waals surface area contributed by atoms with Crippen LogP contribution in [0.4, 0.5) is 10.1 Å². The molecule has 0 saturated carbocycles. The Morgan fingerprint density at radius 3 is 2.80 bits per heavy atom. The molecule has 3 heteroatoms. The summed E-state index contributed by atoms with van der Waals surface area (Å²) >= 11 is 0. The Kier molecular flexibility index (Phi) is 0.974. The fourth-order valence-electron chi connectivity index (χ4n) is 0.887. The zero-order chi connectivity index (χ0) is 6.97. The summed E-state index contributed by atoms with van der Waals surface area (Å²) in [4.78, 5) is 0. The number of hydrogen-bond acceptors (Lipinski definition) is 1. The molecule has 0 bridgehead atoms. The molecule has 0 amide bonds. The lowest BCUT2D eigenvalue weighted by molar-refractivity contribution is 0.795. The third-order valence-electron chi connectivity index (χ3n) is 1.37. The summed E-state index contributed by atoms with van der Waals surface area (Å²) in [5, 5.41) is 3.28. The summed E-state index contributed by atoms with van der Waals surface area (Å²) < 4.78 is 12.6. The first kappa shape index (κ1) is 5.41. The van der Waals surface area contributed by atoms with E-state index in [2.05, 4.69) is 10.5 Å². The first-order chi connectivity index (χ1) is 4.88. The highest BCUT2D eigenvalue weighted by Gasteiger charge is 2.14. The Hall–Kier alpha value is -1.38. The van der Waals surface area contributed by atoms with Gasteiger partial charge in [0.05, 0.1) is 11.3 Å². The quantitative estimate of drug-likeness (QED) is 0.516. The second-order valence-corrected chi connectivity index (χ2v) is 2.01. The van der Waals surface area contributed by atoms with Crippen molar-refractivity contribution in [2.75, 3.05) is 0 Å². The summed E-state index contributed by atoms with van der Waals surface area (Å²) in [7, 11) is 0. The highest BCUT2D eigenvalue weighted by Crippen LogP contribution is 2.21. The Morgan fingerprint density at radius 2 is 2.00 bits per heavy atom. The Balaban J connectivity index is 2.61. The van der Waals surface area contributed by atoms with E-state index in [4.69, 9.17) is 0 Å². The monoisotopic (exact) mass is 135 g/mol. The van der Waals surface area contributed by atoms with Crippen LogP contribution < -0.4 is 5.43 Å². The van der Waals surface area contributed by atoms with Gasteiger partial charge in [-0.1, -0.05) is 12.1 Å². The average molecular weight is 135 g/mol. The molecule has 0 fully saturated rings. The van der Waals surface area contributed by atoms with Gasteiger partial charge in [-0.3, -0.25) is 0 Å². The van der Waals surface area contributed by atoms with Gasteiger partial charge >= 0.3 is 0 Å². The second kappa shape index (κ2) is 1.80. The predicted octanol–water partition coefficient (Wildman–Crippen LogP) is 1.57. The summed E-state index contributed by atoms with van der Waals surface area (Å²) in [5.41, 5.74) is 4.69. The molecule has 10 heavy (non-hydrogen) atoms. The van der Waals surface area contributed by atoms with E-state index in [-0.39, 0.29) is 0 Å². The Morgan fingerprint density at radius 1 is 1.20 bits per heavy atom. The summed E-state index contributed by atoms with van der Waals surface area (Å²) in [6.07, 6.45) is 0. The standard InChI is InChI=1S/C7H4FN2/c8-7-5-3-1-2-4-6(5)9-10-7/h1-4H. The van der Waals surface area contributed by atoms with Crippen LogP contribution in [0.2, 0.25) is 0 Å². The molecule has 0 aliphatic carbocycles. The molecule has 1 heterocycles. The SMILES string of the molecule is FC1=N[N]c2ccccc21. The molecule has 0 spiro atoms. The van der Waals surface area contributed by atoms with E-state index < -0.39 is 5.97 Å². The number of nitrogens with zero attached hydrogens (tertiary/aromatic N) is 2. The molecule has 0 unspecified atom stereocenters. The highest BCUT2D eigenvalue weighted by atomic mass is 19.1. The van der Waals surface area contributed by atoms with Gasteiger partial charge in [-0.05, 0) is 12.1 Å². The topological polar surface area (TPSA) is 26.5 Å². The van der Waals surface area contributed by atoms with Gasteiger partial charge in [0, 0.05) is 0 Å². The van der Waals surface area contributed by atoms with Gasteiger partial charge in [-0.2, -0.15) is 4.39 Å². The van der Waals surface area contributed by atoms with E-state index >= 15 is 0 Å². The van der Waals surface area contributed by atoms with Gasteiger partial charge in [-0.25, -0.2) is 0 Å². The molecule has 1 radical (unpaired) electrons. The van der Waals surface area contributed by atoms with Crippen LogP contribution in [0.5, 0.6) is 0 Å². The predicted molar refractivity (Wildman–Crippen MR) is 35.9 cm³/mol. The molecule has 0 aromatic heterocycles. The highest BCUT2D eigenvalue weighted by molar-refractivity contribution is 6.00. The molecule has 2 rings (SSSR count). The zero-order valence-electron chi connectivity index (χ0n) is 5.08. The second-order valence-electron chi connectivity index (χ2n) is 2.01. The van der Waals surface area contributed by atoms with Crippen LogP contribution in [0.15, 0.2) is 29.4 Å². The van der Waals surface area contributed by atoms with Crippen molar-refractivity contribution in [1.29, 1.82) is 0 Å². The number of rotatable bonds is 0. The van der Waals surface area contributed by atoms with Crippen molar-refractivity contribution in [2.24, 2.45) is 5.10 Å². The van der Waals surface area contributed by atoms with Gasteiger partial charge in [0.2, 0.25) is 5.97 Å². The normalized spacial score (nSPS) is 13.9. The molecule has 2 nitrogen and oxygen atoms in total. The molecule has 1 aromatic rings. The molecule has 1 aromatic carbocycles. The Bertz CT molecular complexity index is 293. The maximum atomic E-state index is 12.6. The lowest BCUT2D eigenvalue weighted by Crippen LogP contribution is -1.84. The van der Waals surface area contributed by atoms with Gasteiger partial charge in [0.15, 0.2) is 0 Å². The van der Waals surface area contributed by atoms with E-state index in [9.17, 15) is 4.39 Å². The van der Waals surface area contributed by atoms with Crippen molar-refractivity contribution in [3.8, 4) is 0 Å². The summed E-state index contributed by atoms with van der Waals surface area (Å²) in [6, 6.07) is 6.95. The lowest BCUT2D eigenvalue weighted by atomic mass is 10.2. The molecule has 0 atom stereocenters. The fraction of sp³-hybridized carbons (Fsp3) is 0. The molecular weight excluding hydrogens is 131 g/mol. The molecule has 49 valence electrons. The number of benzene rings is 1. The number of halogens is 1. The van der Waals surface area contributed by atoms with Gasteiger partial charge in [0.1, 0.15) is 0 Å². The van der Waals surface area contributed by atoms with E-state index in [0.717, 1.165) is 0 Å². The van der Waals surface area contributed by atoms with E-state index in [0.29, 0.717) is 11.3 Å². The maximum Gasteiger partial charge on any atom is 0.242 e. The van der Waals surface area contributed by atoms with Gasteiger partial charge in [0.25, 0.3) is 0 Å². The first-order valence-corrected chi connectivity index (χ1v) is 2.91. The minimum atomic E-state index is -0.490. The number of fused-ring (bicyclic) bond motifs is 1. The lowest BCUT2D eigenvalue weighted by Gasteiger charge is -1.90. The first-order valence-electron chi connectivity index (χ1n) is 2.91. The van der Waals surface area contributed by atoms with Crippen molar-refractivity contribution in [2.45, 2.75) is 0 Å².